The number of hydrogen-bond donors (Lipinski definition) is 2. The molecule has 1 rings (SSSR count). The molecule has 0 saturated heterocycles. The minimum Gasteiger partial charge on any atom is -0.490 e. The maximum absolute atomic E-state index is 11.7. The molecule has 0 bridgehead atoms. The van der Waals surface area contributed by atoms with Crippen LogP contribution in [0.4, 0.5) is 5.69 Å². The van der Waals surface area contributed by atoms with Gasteiger partial charge in [0.2, 0.25) is 5.91 Å². The van der Waals surface area contributed by atoms with Crippen LogP contribution in [-0.2, 0) is 4.79 Å². The smallest absolute Gasteiger partial charge is 0.241 e. The lowest BCUT2D eigenvalue weighted by Crippen LogP contribution is -2.34. The zero-order chi connectivity index (χ0) is 13.5. The summed E-state index contributed by atoms with van der Waals surface area (Å²) in [5.41, 5.74) is 6.23. The molecule has 1 aromatic rings. The third-order valence-electron chi connectivity index (χ3n) is 2.45. The molecule has 0 radical (unpaired) electrons. The highest BCUT2D eigenvalue weighted by Gasteiger charge is 2.15. The molecule has 1 atom stereocenters. The van der Waals surface area contributed by atoms with E-state index in [4.69, 9.17) is 22.1 Å². The monoisotopic (exact) mass is 270 g/mol. The molecule has 0 spiro atoms. The molecule has 0 fully saturated rings. The summed E-state index contributed by atoms with van der Waals surface area (Å²) >= 11 is 6.05. The molecule has 0 aliphatic carbocycles. The topological polar surface area (TPSA) is 64.3 Å². The van der Waals surface area contributed by atoms with Gasteiger partial charge < -0.3 is 15.8 Å². The summed E-state index contributed by atoms with van der Waals surface area (Å²) in [5.74, 6) is 0.263. The molecule has 5 heteroatoms. The van der Waals surface area contributed by atoms with E-state index in [9.17, 15) is 4.79 Å². The number of halogens is 1. The number of nitrogens with two attached hydrogens (primary N) is 1. The Morgan fingerprint density at radius 3 is 2.83 bits per heavy atom. The second kappa shape index (κ2) is 7.24. The maximum atomic E-state index is 11.7. The van der Waals surface area contributed by atoms with Crippen LogP contribution in [0.25, 0.3) is 0 Å². The number of rotatable bonds is 6. The largest absolute Gasteiger partial charge is 0.490 e. The van der Waals surface area contributed by atoms with Crippen molar-refractivity contribution in [2.45, 2.75) is 32.7 Å². The van der Waals surface area contributed by atoms with E-state index in [-0.39, 0.29) is 5.91 Å². The minimum absolute atomic E-state index is 0.235. The molecule has 1 aromatic carbocycles. The Morgan fingerprint density at radius 1 is 1.50 bits per heavy atom. The summed E-state index contributed by atoms with van der Waals surface area (Å²) in [6.07, 6.45) is 1.45. The average Bonchev–Trinajstić information content (AvgIpc) is 2.37. The van der Waals surface area contributed by atoms with Gasteiger partial charge in [0, 0.05) is 0 Å². The second-order valence-electron chi connectivity index (χ2n) is 3.97. The van der Waals surface area contributed by atoms with Gasteiger partial charge in [-0.2, -0.15) is 0 Å². The summed E-state index contributed by atoms with van der Waals surface area (Å²) in [6.45, 7) is 4.41. The Bertz CT molecular complexity index is 410. The Kier molecular flexibility index (Phi) is 5.95. The van der Waals surface area contributed by atoms with Gasteiger partial charge in [-0.3, -0.25) is 4.79 Å². The fraction of sp³-hybridized carbons (Fsp3) is 0.462. The summed E-state index contributed by atoms with van der Waals surface area (Å²) in [5, 5.41) is 3.22. The van der Waals surface area contributed by atoms with E-state index in [0.717, 1.165) is 6.42 Å². The van der Waals surface area contributed by atoms with Crippen LogP contribution in [0, 0.1) is 0 Å². The van der Waals surface area contributed by atoms with Crippen LogP contribution in [0.3, 0.4) is 0 Å². The predicted octanol–water partition coefficient (Wildman–Crippen LogP) is 2.80. The summed E-state index contributed by atoms with van der Waals surface area (Å²) in [7, 11) is 0. The lowest BCUT2D eigenvalue weighted by Gasteiger charge is -2.15. The highest BCUT2D eigenvalue weighted by Crippen LogP contribution is 2.33. The van der Waals surface area contributed by atoms with Gasteiger partial charge in [0.15, 0.2) is 5.75 Å². The number of carbonyl (C=O) groups excluding carboxylic acids is 1. The molecule has 3 N–H and O–H groups in total. The first kappa shape index (κ1) is 14.8. The maximum Gasteiger partial charge on any atom is 0.241 e. The lowest BCUT2D eigenvalue weighted by atomic mass is 10.2. The molecule has 0 saturated carbocycles. The van der Waals surface area contributed by atoms with E-state index in [1.54, 1.807) is 18.2 Å². The van der Waals surface area contributed by atoms with Gasteiger partial charge >= 0.3 is 0 Å². The van der Waals surface area contributed by atoms with E-state index >= 15 is 0 Å². The molecule has 0 heterocycles. The SMILES string of the molecule is CCCOc1c(Cl)cccc1NC(=O)[C@@H](N)CC. The van der Waals surface area contributed by atoms with Crippen LogP contribution in [0.1, 0.15) is 26.7 Å². The highest BCUT2D eigenvalue weighted by molar-refractivity contribution is 6.32. The van der Waals surface area contributed by atoms with Crippen molar-refractivity contribution in [2.75, 3.05) is 11.9 Å². The van der Waals surface area contributed by atoms with Crippen molar-refractivity contribution in [2.24, 2.45) is 5.73 Å². The first-order valence-corrected chi connectivity index (χ1v) is 6.45. The molecule has 0 aliphatic rings. The van der Waals surface area contributed by atoms with Crippen molar-refractivity contribution in [3.05, 3.63) is 23.2 Å². The van der Waals surface area contributed by atoms with Crippen LogP contribution >= 0.6 is 11.6 Å². The Balaban J connectivity index is 2.87. The third-order valence-corrected chi connectivity index (χ3v) is 2.75. The predicted molar refractivity (Wildman–Crippen MR) is 74.1 cm³/mol. The number of hydrogen-bond acceptors (Lipinski definition) is 3. The quantitative estimate of drug-likeness (QED) is 0.835. The van der Waals surface area contributed by atoms with E-state index in [2.05, 4.69) is 5.32 Å². The number of ether oxygens (including phenoxy) is 1. The Hall–Kier alpha value is -1.26. The highest BCUT2D eigenvalue weighted by atomic mass is 35.5. The van der Waals surface area contributed by atoms with E-state index < -0.39 is 6.04 Å². The lowest BCUT2D eigenvalue weighted by molar-refractivity contribution is -0.117. The summed E-state index contributed by atoms with van der Waals surface area (Å²) in [6, 6.07) is 4.70. The third kappa shape index (κ3) is 3.89. The average molecular weight is 271 g/mol. The van der Waals surface area contributed by atoms with Crippen LogP contribution in [0.2, 0.25) is 5.02 Å². The Labute approximate surface area is 112 Å². The fourth-order valence-corrected chi connectivity index (χ4v) is 1.60. The van der Waals surface area contributed by atoms with Gasteiger partial charge in [-0.25, -0.2) is 0 Å². The van der Waals surface area contributed by atoms with Crippen molar-refractivity contribution in [3.63, 3.8) is 0 Å². The number of nitrogens with one attached hydrogen (secondary N) is 1. The fourth-order valence-electron chi connectivity index (χ4n) is 1.37. The zero-order valence-electron chi connectivity index (χ0n) is 10.7. The molecule has 4 nitrogen and oxygen atoms in total. The molecule has 0 aliphatic heterocycles. The molecule has 1 amide bonds. The van der Waals surface area contributed by atoms with E-state index in [1.807, 2.05) is 13.8 Å². The van der Waals surface area contributed by atoms with Crippen LogP contribution < -0.4 is 15.8 Å². The molecular formula is C13H19ClN2O2. The van der Waals surface area contributed by atoms with Crippen molar-refractivity contribution < 1.29 is 9.53 Å². The van der Waals surface area contributed by atoms with Gasteiger partial charge in [0.05, 0.1) is 23.4 Å². The van der Waals surface area contributed by atoms with Crippen LogP contribution in [-0.4, -0.2) is 18.6 Å². The Morgan fingerprint density at radius 2 is 2.22 bits per heavy atom. The van der Waals surface area contributed by atoms with Gasteiger partial charge in [-0.15, -0.1) is 0 Å². The molecular weight excluding hydrogens is 252 g/mol. The van der Waals surface area contributed by atoms with Gasteiger partial charge in [0.1, 0.15) is 0 Å². The molecule has 18 heavy (non-hydrogen) atoms. The van der Waals surface area contributed by atoms with Crippen molar-refractivity contribution >= 4 is 23.2 Å². The van der Waals surface area contributed by atoms with Crippen LogP contribution in [0.15, 0.2) is 18.2 Å². The van der Waals surface area contributed by atoms with Gasteiger partial charge in [0.25, 0.3) is 0 Å². The molecule has 0 aromatic heterocycles. The van der Waals surface area contributed by atoms with Crippen molar-refractivity contribution in [3.8, 4) is 5.75 Å². The van der Waals surface area contributed by atoms with Gasteiger partial charge in [-0.1, -0.05) is 31.5 Å². The number of benzene rings is 1. The van der Waals surface area contributed by atoms with Crippen molar-refractivity contribution in [1.82, 2.24) is 0 Å². The van der Waals surface area contributed by atoms with Crippen LogP contribution in [0.5, 0.6) is 5.75 Å². The summed E-state index contributed by atoms with van der Waals surface area (Å²) < 4.78 is 5.54. The van der Waals surface area contributed by atoms with Crippen molar-refractivity contribution in [1.29, 1.82) is 0 Å². The first-order valence-electron chi connectivity index (χ1n) is 6.07. The summed E-state index contributed by atoms with van der Waals surface area (Å²) in [4.78, 5) is 11.7. The first-order chi connectivity index (χ1) is 8.60. The van der Waals surface area contributed by atoms with E-state index in [1.165, 1.54) is 0 Å². The molecule has 0 unspecified atom stereocenters. The van der Waals surface area contributed by atoms with Gasteiger partial charge in [-0.05, 0) is 25.0 Å². The second-order valence-corrected chi connectivity index (χ2v) is 4.38. The zero-order valence-corrected chi connectivity index (χ0v) is 11.5. The number of carbonyl (C=O) groups is 1. The van der Waals surface area contributed by atoms with E-state index in [0.29, 0.717) is 29.5 Å². The number of para-hydroxylation sites is 1. The standard InChI is InChI=1S/C13H19ClN2O2/c1-3-8-18-12-9(14)6-5-7-11(12)16-13(17)10(15)4-2/h5-7,10H,3-4,8,15H2,1-2H3,(H,16,17)/t10-/m0/s1. The molecule has 100 valence electrons. The number of anilines is 1. The minimum atomic E-state index is -0.525. The normalized spacial score (nSPS) is 12.0. The number of amides is 1.